The van der Waals surface area contributed by atoms with Crippen LogP contribution in [0.4, 0.5) is 11.5 Å². The number of nitrogens with two attached hydrogens (primary N) is 2. The summed E-state index contributed by atoms with van der Waals surface area (Å²) >= 11 is 1.36. The van der Waals surface area contributed by atoms with Crippen LogP contribution in [-0.4, -0.2) is 26.8 Å². The molecule has 0 aliphatic carbocycles. The molecule has 3 heterocycles. The van der Waals surface area contributed by atoms with E-state index in [1.54, 1.807) is 12.3 Å². The van der Waals surface area contributed by atoms with Gasteiger partial charge in [0.2, 0.25) is 5.91 Å². The normalized spacial score (nSPS) is 10.9. The summed E-state index contributed by atoms with van der Waals surface area (Å²) in [6.07, 6.45) is 4.25. The van der Waals surface area contributed by atoms with E-state index in [-0.39, 0.29) is 23.3 Å². The van der Waals surface area contributed by atoms with E-state index in [1.807, 2.05) is 57.2 Å². The molecule has 0 bridgehead atoms. The lowest BCUT2D eigenvalue weighted by molar-refractivity contribution is -0.111. The van der Waals surface area contributed by atoms with Gasteiger partial charge in [0.05, 0.1) is 10.3 Å². The third kappa shape index (κ3) is 4.99. The number of hydrogen-bond acceptors (Lipinski definition) is 8. The quantitative estimate of drug-likeness (QED) is 0.212. The first kappa shape index (κ1) is 26.5. The minimum atomic E-state index is -0.612. The van der Waals surface area contributed by atoms with E-state index in [0.717, 1.165) is 38.4 Å². The molecule has 40 heavy (non-hydrogen) atoms. The Morgan fingerprint density at radius 2 is 1.88 bits per heavy atom. The van der Waals surface area contributed by atoms with Crippen LogP contribution < -0.4 is 21.5 Å². The number of carbonyl (C=O) groups excluding carboxylic acids is 2. The molecule has 0 radical (unpaired) electrons. The number of rotatable bonds is 7. The fourth-order valence-electron chi connectivity index (χ4n) is 4.40. The topological polar surface area (TPSA) is 146 Å². The van der Waals surface area contributed by atoms with Crippen molar-refractivity contribution in [2.24, 2.45) is 5.73 Å². The molecule has 0 spiro atoms. The number of hydrogen-bond donors (Lipinski definition) is 3. The molecule has 0 saturated carbocycles. The molecule has 0 aliphatic rings. The van der Waals surface area contributed by atoms with Gasteiger partial charge in [0.15, 0.2) is 0 Å². The van der Waals surface area contributed by atoms with Crippen LogP contribution in [0.1, 0.15) is 27.2 Å². The van der Waals surface area contributed by atoms with E-state index in [0.29, 0.717) is 21.5 Å². The van der Waals surface area contributed by atoms with E-state index in [9.17, 15) is 9.59 Å². The summed E-state index contributed by atoms with van der Waals surface area (Å²) in [5.41, 5.74) is 17.9. The number of aryl methyl sites for hydroxylation is 3. The van der Waals surface area contributed by atoms with Crippen molar-refractivity contribution in [3.63, 3.8) is 0 Å². The molecule has 200 valence electrons. The maximum Gasteiger partial charge on any atom is 0.322 e. The second-order valence-corrected chi connectivity index (χ2v) is 10.3. The largest absolute Gasteiger partial charge is 0.424 e. The van der Waals surface area contributed by atoms with Gasteiger partial charge >= 0.3 is 6.01 Å². The van der Waals surface area contributed by atoms with Crippen molar-refractivity contribution in [3.05, 3.63) is 89.9 Å². The SMILES string of the molecule is C=CC(=O)Nc1cc(C)ccc1-c1sc2c(C(N)=O)cnc(N)c2c1-c1ccc(Oc2nccc(C)n2)c(C)c1. The summed E-state index contributed by atoms with van der Waals surface area (Å²) in [5, 5.41) is 3.51. The number of nitrogens with zero attached hydrogens (tertiary/aromatic N) is 3. The van der Waals surface area contributed by atoms with Crippen LogP contribution in [0.25, 0.3) is 31.7 Å². The van der Waals surface area contributed by atoms with Gasteiger partial charge in [0, 0.05) is 45.2 Å². The third-order valence-electron chi connectivity index (χ3n) is 6.31. The van der Waals surface area contributed by atoms with Crippen LogP contribution in [0, 0.1) is 20.8 Å². The summed E-state index contributed by atoms with van der Waals surface area (Å²) in [6, 6.07) is 13.5. The van der Waals surface area contributed by atoms with Gasteiger partial charge in [0.25, 0.3) is 5.91 Å². The van der Waals surface area contributed by atoms with E-state index < -0.39 is 5.91 Å². The van der Waals surface area contributed by atoms with Gasteiger partial charge in [-0.25, -0.2) is 15.0 Å². The Bertz CT molecular complexity index is 1830. The van der Waals surface area contributed by atoms with Gasteiger partial charge in [-0.2, -0.15) is 0 Å². The first-order chi connectivity index (χ1) is 19.2. The molecule has 2 amide bonds. The monoisotopic (exact) mass is 550 g/mol. The lowest BCUT2D eigenvalue weighted by atomic mass is 9.95. The Labute approximate surface area is 234 Å². The van der Waals surface area contributed by atoms with Crippen molar-refractivity contribution in [1.82, 2.24) is 15.0 Å². The highest BCUT2D eigenvalue weighted by Gasteiger charge is 2.24. The van der Waals surface area contributed by atoms with Crippen LogP contribution in [0.3, 0.4) is 0 Å². The molecule has 5 N–H and O–H groups in total. The molecule has 0 aliphatic heterocycles. The molecule has 2 aromatic carbocycles. The van der Waals surface area contributed by atoms with Gasteiger partial charge in [-0.3, -0.25) is 9.59 Å². The number of ether oxygens (including phenoxy) is 1. The number of amides is 2. The molecule has 0 unspecified atom stereocenters. The number of nitrogens with one attached hydrogen (secondary N) is 1. The van der Waals surface area contributed by atoms with E-state index in [2.05, 4.69) is 26.8 Å². The van der Waals surface area contributed by atoms with E-state index in [4.69, 9.17) is 16.2 Å². The maximum absolute atomic E-state index is 12.4. The first-order valence-electron chi connectivity index (χ1n) is 12.3. The zero-order chi connectivity index (χ0) is 28.6. The van der Waals surface area contributed by atoms with E-state index in [1.165, 1.54) is 23.6 Å². The Morgan fingerprint density at radius 3 is 2.58 bits per heavy atom. The van der Waals surface area contributed by atoms with Crippen LogP contribution in [0.5, 0.6) is 11.8 Å². The molecule has 9 nitrogen and oxygen atoms in total. The van der Waals surface area contributed by atoms with Crippen molar-refractivity contribution in [2.75, 3.05) is 11.1 Å². The molecule has 3 aromatic heterocycles. The predicted molar refractivity (Wildman–Crippen MR) is 159 cm³/mol. The first-order valence-corrected chi connectivity index (χ1v) is 13.1. The van der Waals surface area contributed by atoms with Crippen molar-refractivity contribution in [2.45, 2.75) is 20.8 Å². The number of anilines is 2. The van der Waals surface area contributed by atoms with Crippen LogP contribution in [0.2, 0.25) is 0 Å². The second-order valence-electron chi connectivity index (χ2n) is 9.24. The smallest absolute Gasteiger partial charge is 0.322 e. The molecular formula is C30H26N6O3S. The number of thiophene rings is 1. The lowest BCUT2D eigenvalue weighted by Crippen LogP contribution is -2.11. The summed E-state index contributed by atoms with van der Waals surface area (Å²) in [6.45, 7) is 9.29. The van der Waals surface area contributed by atoms with Crippen molar-refractivity contribution >= 4 is 44.7 Å². The Morgan fingerprint density at radius 1 is 1.07 bits per heavy atom. The molecular weight excluding hydrogens is 524 g/mol. The number of pyridine rings is 1. The summed E-state index contributed by atoms with van der Waals surface area (Å²) in [5.74, 6) is -0.107. The third-order valence-corrected chi connectivity index (χ3v) is 7.56. The molecule has 5 aromatic rings. The lowest BCUT2D eigenvalue weighted by Gasteiger charge is -2.14. The Balaban J connectivity index is 1.75. The fourth-order valence-corrected chi connectivity index (χ4v) is 5.79. The maximum atomic E-state index is 12.4. The Kier molecular flexibility index (Phi) is 7.02. The van der Waals surface area contributed by atoms with Crippen LogP contribution in [-0.2, 0) is 4.79 Å². The van der Waals surface area contributed by atoms with Gasteiger partial charge in [-0.15, -0.1) is 11.3 Å². The predicted octanol–water partition coefficient (Wildman–Crippen LogP) is 5.94. The summed E-state index contributed by atoms with van der Waals surface area (Å²) < 4.78 is 6.56. The highest BCUT2D eigenvalue weighted by molar-refractivity contribution is 7.23. The average Bonchev–Trinajstić information content (AvgIpc) is 3.31. The van der Waals surface area contributed by atoms with Gasteiger partial charge in [-0.1, -0.05) is 24.8 Å². The van der Waals surface area contributed by atoms with Crippen LogP contribution in [0.15, 0.2) is 67.5 Å². The highest BCUT2D eigenvalue weighted by atomic mass is 32.1. The molecule has 0 saturated heterocycles. The zero-order valence-electron chi connectivity index (χ0n) is 22.1. The number of benzene rings is 2. The standard InChI is InChI=1S/C30H26N6O3S/c1-5-23(37)36-21-12-15(2)6-8-19(21)26-24(25-27(40-26)20(29(32)38)14-34-28(25)31)18-7-9-22(16(3)13-18)39-30-33-11-10-17(4)35-30/h5-14H,1H2,2-4H3,(H2,31,34)(H2,32,38)(H,36,37). The van der Waals surface area contributed by atoms with E-state index >= 15 is 0 Å². The van der Waals surface area contributed by atoms with Gasteiger partial charge in [-0.05, 0) is 67.8 Å². The zero-order valence-corrected chi connectivity index (χ0v) is 22.9. The average molecular weight is 551 g/mol. The summed E-state index contributed by atoms with van der Waals surface area (Å²) in [7, 11) is 0. The summed E-state index contributed by atoms with van der Waals surface area (Å²) in [4.78, 5) is 38.3. The van der Waals surface area contributed by atoms with Crippen LogP contribution >= 0.6 is 11.3 Å². The molecule has 0 atom stereocenters. The number of aromatic nitrogens is 3. The van der Waals surface area contributed by atoms with Crippen molar-refractivity contribution in [3.8, 4) is 33.3 Å². The second kappa shape index (κ2) is 10.6. The number of nitrogen functional groups attached to an aromatic ring is 1. The van der Waals surface area contributed by atoms with Gasteiger partial charge < -0.3 is 21.5 Å². The molecule has 0 fully saturated rings. The van der Waals surface area contributed by atoms with Gasteiger partial charge in [0.1, 0.15) is 11.6 Å². The number of fused-ring (bicyclic) bond motifs is 1. The number of carbonyl (C=O) groups is 2. The minimum absolute atomic E-state index is 0.249. The Hall–Kier alpha value is -5.09. The molecule has 10 heteroatoms. The van der Waals surface area contributed by atoms with Crippen molar-refractivity contribution in [1.29, 1.82) is 0 Å². The highest BCUT2D eigenvalue weighted by Crippen LogP contribution is 2.49. The fraction of sp³-hybridized carbons (Fsp3) is 0.100. The van der Waals surface area contributed by atoms with Crippen molar-refractivity contribution < 1.29 is 14.3 Å². The minimum Gasteiger partial charge on any atom is -0.424 e. The number of primary amides is 1. The molecule has 5 rings (SSSR count).